The summed E-state index contributed by atoms with van der Waals surface area (Å²) in [6.45, 7) is 2.14. The van der Waals surface area contributed by atoms with E-state index in [1.54, 1.807) is 0 Å². The van der Waals surface area contributed by atoms with Gasteiger partial charge >= 0.3 is 0 Å². The molecule has 0 bridgehead atoms. The fourth-order valence-corrected chi connectivity index (χ4v) is 2.06. The molecule has 13 heavy (non-hydrogen) atoms. The molecule has 1 aliphatic carbocycles. The maximum absolute atomic E-state index is 5.99. The molecule has 0 spiro atoms. The van der Waals surface area contributed by atoms with Gasteiger partial charge in [-0.15, -0.1) is 0 Å². The maximum atomic E-state index is 5.99. The molecule has 2 rings (SSSR count). The number of hydrogen-bond donors (Lipinski definition) is 1. The van der Waals surface area contributed by atoms with Crippen LogP contribution in [0.15, 0.2) is 18.2 Å². The largest absolute Gasteiger partial charge is 0.324 e. The summed E-state index contributed by atoms with van der Waals surface area (Å²) in [5.41, 5.74) is 10.4. The molecule has 1 heteroatoms. The van der Waals surface area contributed by atoms with Crippen LogP contribution < -0.4 is 5.73 Å². The highest BCUT2D eigenvalue weighted by Crippen LogP contribution is 2.25. The first-order chi connectivity index (χ1) is 6.31. The van der Waals surface area contributed by atoms with E-state index in [0.29, 0.717) is 0 Å². The van der Waals surface area contributed by atoms with Gasteiger partial charge in [-0.2, -0.15) is 0 Å². The molecule has 70 valence electrons. The van der Waals surface area contributed by atoms with E-state index in [1.165, 1.54) is 36.0 Å². The zero-order chi connectivity index (χ0) is 9.26. The van der Waals surface area contributed by atoms with Crippen molar-refractivity contribution < 1.29 is 0 Å². The van der Waals surface area contributed by atoms with Crippen molar-refractivity contribution in [1.82, 2.24) is 0 Å². The van der Waals surface area contributed by atoms with Crippen molar-refractivity contribution in [3.63, 3.8) is 0 Å². The molecule has 2 N–H and O–H groups in total. The van der Waals surface area contributed by atoms with Crippen LogP contribution in [0.25, 0.3) is 0 Å². The van der Waals surface area contributed by atoms with Gasteiger partial charge in [-0.05, 0) is 42.4 Å². The van der Waals surface area contributed by atoms with Gasteiger partial charge in [0.2, 0.25) is 0 Å². The van der Waals surface area contributed by atoms with Crippen LogP contribution in [0.3, 0.4) is 0 Å². The summed E-state index contributed by atoms with van der Waals surface area (Å²) in [6.07, 6.45) is 4.86. The topological polar surface area (TPSA) is 26.0 Å². The number of benzene rings is 1. The summed E-state index contributed by atoms with van der Waals surface area (Å²) in [7, 11) is 0. The average molecular weight is 175 g/mol. The lowest BCUT2D eigenvalue weighted by molar-refractivity contribution is 0.697. The normalized spacial score (nSPS) is 17.1. The Bertz CT molecular complexity index is 304. The lowest BCUT2D eigenvalue weighted by atomic mass is 10.0. The van der Waals surface area contributed by atoms with E-state index in [0.717, 1.165) is 6.42 Å². The number of fused-ring (bicyclic) bond motifs is 1. The van der Waals surface area contributed by atoms with Crippen LogP contribution in [-0.2, 0) is 12.8 Å². The van der Waals surface area contributed by atoms with E-state index >= 15 is 0 Å². The van der Waals surface area contributed by atoms with Crippen LogP contribution in [0.1, 0.15) is 42.5 Å². The quantitative estimate of drug-likeness (QED) is 0.734. The Morgan fingerprint density at radius 3 is 2.85 bits per heavy atom. The van der Waals surface area contributed by atoms with Crippen molar-refractivity contribution in [3.05, 3.63) is 34.9 Å². The minimum atomic E-state index is 0.228. The number of hydrogen-bond acceptors (Lipinski definition) is 1. The van der Waals surface area contributed by atoms with Crippen molar-refractivity contribution in [2.45, 2.75) is 38.6 Å². The summed E-state index contributed by atoms with van der Waals surface area (Å²) < 4.78 is 0. The van der Waals surface area contributed by atoms with E-state index < -0.39 is 0 Å². The molecule has 1 aromatic carbocycles. The van der Waals surface area contributed by atoms with Crippen LogP contribution >= 0.6 is 0 Å². The van der Waals surface area contributed by atoms with Crippen molar-refractivity contribution in [3.8, 4) is 0 Å². The average Bonchev–Trinajstić information content (AvgIpc) is 2.63. The minimum Gasteiger partial charge on any atom is -0.324 e. The van der Waals surface area contributed by atoms with Gasteiger partial charge in [-0.3, -0.25) is 0 Å². The molecule has 0 fully saturated rings. The van der Waals surface area contributed by atoms with E-state index in [4.69, 9.17) is 5.73 Å². The van der Waals surface area contributed by atoms with Crippen molar-refractivity contribution >= 4 is 0 Å². The van der Waals surface area contributed by atoms with E-state index in [1.807, 2.05) is 0 Å². The Morgan fingerprint density at radius 2 is 2.08 bits per heavy atom. The molecule has 0 saturated heterocycles. The molecular weight excluding hydrogens is 158 g/mol. The standard InChI is InChI=1S/C12H17N/c1-2-12(13)11-7-6-9-4-3-5-10(9)8-11/h6-8,12H,2-5,13H2,1H3/t12-/m0/s1. The smallest absolute Gasteiger partial charge is 0.0292 e. The molecule has 1 aliphatic rings. The third kappa shape index (κ3) is 1.61. The van der Waals surface area contributed by atoms with E-state index in [9.17, 15) is 0 Å². The molecular formula is C12H17N. The molecule has 0 radical (unpaired) electrons. The van der Waals surface area contributed by atoms with Crippen LogP contribution in [0.4, 0.5) is 0 Å². The molecule has 0 unspecified atom stereocenters. The highest BCUT2D eigenvalue weighted by molar-refractivity contribution is 5.36. The highest BCUT2D eigenvalue weighted by Gasteiger charge is 2.12. The van der Waals surface area contributed by atoms with Crippen LogP contribution in [0.5, 0.6) is 0 Å². The van der Waals surface area contributed by atoms with Crippen LogP contribution in [0.2, 0.25) is 0 Å². The SMILES string of the molecule is CC[C@H](N)c1ccc2c(c1)CCC2. The Hall–Kier alpha value is -0.820. The Kier molecular flexibility index (Phi) is 2.36. The first-order valence-corrected chi connectivity index (χ1v) is 5.18. The second kappa shape index (κ2) is 3.51. The second-order valence-electron chi connectivity index (χ2n) is 3.90. The summed E-state index contributed by atoms with van der Waals surface area (Å²) in [4.78, 5) is 0. The van der Waals surface area contributed by atoms with Crippen molar-refractivity contribution in [1.29, 1.82) is 0 Å². The van der Waals surface area contributed by atoms with Crippen molar-refractivity contribution in [2.75, 3.05) is 0 Å². The van der Waals surface area contributed by atoms with Gasteiger partial charge in [-0.1, -0.05) is 25.1 Å². The van der Waals surface area contributed by atoms with E-state index in [2.05, 4.69) is 25.1 Å². The predicted octanol–water partition coefficient (Wildman–Crippen LogP) is 2.59. The van der Waals surface area contributed by atoms with Gasteiger partial charge in [0.15, 0.2) is 0 Å². The zero-order valence-corrected chi connectivity index (χ0v) is 8.22. The number of rotatable bonds is 2. The lowest BCUT2D eigenvalue weighted by Gasteiger charge is -2.10. The summed E-state index contributed by atoms with van der Waals surface area (Å²) in [6, 6.07) is 6.98. The predicted molar refractivity (Wildman–Crippen MR) is 55.7 cm³/mol. The fourth-order valence-electron chi connectivity index (χ4n) is 2.06. The molecule has 1 atom stereocenters. The molecule has 1 aromatic rings. The van der Waals surface area contributed by atoms with Gasteiger partial charge in [0.25, 0.3) is 0 Å². The number of aryl methyl sites for hydroxylation is 2. The minimum absolute atomic E-state index is 0.228. The molecule has 0 aromatic heterocycles. The molecule has 0 saturated carbocycles. The fraction of sp³-hybridized carbons (Fsp3) is 0.500. The van der Waals surface area contributed by atoms with Crippen LogP contribution in [0, 0.1) is 0 Å². The van der Waals surface area contributed by atoms with Crippen LogP contribution in [-0.4, -0.2) is 0 Å². The molecule has 0 aliphatic heterocycles. The highest BCUT2D eigenvalue weighted by atomic mass is 14.6. The Labute approximate surface area is 80.0 Å². The Morgan fingerprint density at radius 1 is 1.31 bits per heavy atom. The van der Waals surface area contributed by atoms with Gasteiger partial charge < -0.3 is 5.73 Å². The van der Waals surface area contributed by atoms with E-state index in [-0.39, 0.29) is 6.04 Å². The third-order valence-electron chi connectivity index (χ3n) is 2.99. The first kappa shape index (κ1) is 8.76. The Balaban J connectivity index is 2.30. The number of nitrogens with two attached hydrogens (primary N) is 1. The molecule has 0 heterocycles. The van der Waals surface area contributed by atoms with Gasteiger partial charge in [-0.25, -0.2) is 0 Å². The van der Waals surface area contributed by atoms with Gasteiger partial charge in [0.1, 0.15) is 0 Å². The monoisotopic (exact) mass is 175 g/mol. The maximum Gasteiger partial charge on any atom is 0.0292 e. The van der Waals surface area contributed by atoms with Gasteiger partial charge in [0.05, 0.1) is 0 Å². The lowest BCUT2D eigenvalue weighted by Crippen LogP contribution is -2.08. The summed E-state index contributed by atoms with van der Waals surface area (Å²) in [5.74, 6) is 0. The molecule has 0 amide bonds. The summed E-state index contributed by atoms with van der Waals surface area (Å²) in [5, 5.41) is 0. The second-order valence-corrected chi connectivity index (χ2v) is 3.90. The first-order valence-electron chi connectivity index (χ1n) is 5.18. The third-order valence-corrected chi connectivity index (χ3v) is 2.99. The van der Waals surface area contributed by atoms with Gasteiger partial charge in [0, 0.05) is 6.04 Å². The summed E-state index contributed by atoms with van der Waals surface area (Å²) >= 11 is 0. The van der Waals surface area contributed by atoms with Crippen molar-refractivity contribution in [2.24, 2.45) is 5.73 Å². The molecule has 1 nitrogen and oxygen atoms in total. The zero-order valence-electron chi connectivity index (χ0n) is 8.22.